The average molecular weight is 338 g/mol. The molecule has 0 bridgehead atoms. The number of carbonyl (C=O) groups is 1. The van der Waals surface area contributed by atoms with Gasteiger partial charge in [0.15, 0.2) is 0 Å². The zero-order valence-corrected chi connectivity index (χ0v) is 15.2. The summed E-state index contributed by atoms with van der Waals surface area (Å²) in [5.74, 6) is 1.96. The Morgan fingerprint density at radius 1 is 1.24 bits per heavy atom. The predicted octanol–water partition coefficient (Wildman–Crippen LogP) is 4.12. The number of anilines is 2. The van der Waals surface area contributed by atoms with Crippen LogP contribution in [0.25, 0.3) is 0 Å². The first-order chi connectivity index (χ1) is 11.9. The SMILES string of the molecule is CC(C)(C)c1nccc(NCc2cccc(NC(=O)C3CCC3)c2)n1. The molecule has 0 spiro atoms. The molecule has 0 atom stereocenters. The van der Waals surface area contributed by atoms with Gasteiger partial charge in [0.05, 0.1) is 0 Å². The van der Waals surface area contributed by atoms with E-state index in [1.807, 2.05) is 30.3 Å². The maximum absolute atomic E-state index is 12.1. The number of benzene rings is 1. The first-order valence-corrected chi connectivity index (χ1v) is 8.89. The van der Waals surface area contributed by atoms with E-state index < -0.39 is 0 Å². The van der Waals surface area contributed by atoms with E-state index in [1.54, 1.807) is 6.20 Å². The van der Waals surface area contributed by atoms with Crippen LogP contribution in [0.15, 0.2) is 36.5 Å². The van der Waals surface area contributed by atoms with E-state index in [4.69, 9.17) is 0 Å². The summed E-state index contributed by atoms with van der Waals surface area (Å²) in [6.45, 7) is 6.94. The lowest BCUT2D eigenvalue weighted by Crippen LogP contribution is -2.28. The second-order valence-corrected chi connectivity index (χ2v) is 7.69. The number of rotatable bonds is 5. The van der Waals surface area contributed by atoms with Crippen LogP contribution in [0, 0.1) is 5.92 Å². The summed E-state index contributed by atoms with van der Waals surface area (Å²) in [5, 5.41) is 6.35. The van der Waals surface area contributed by atoms with E-state index in [0.717, 1.165) is 42.2 Å². The van der Waals surface area contributed by atoms with Crippen molar-refractivity contribution in [1.82, 2.24) is 9.97 Å². The number of aromatic nitrogens is 2. The molecule has 1 aliphatic carbocycles. The summed E-state index contributed by atoms with van der Waals surface area (Å²) in [6, 6.07) is 9.82. The molecule has 2 aromatic rings. The minimum atomic E-state index is -0.0799. The molecule has 0 aliphatic heterocycles. The van der Waals surface area contributed by atoms with Crippen LogP contribution in [-0.4, -0.2) is 15.9 Å². The standard InChI is InChI=1S/C20H26N4O/c1-20(2,3)19-21-11-10-17(24-19)22-13-14-6-4-9-16(12-14)23-18(25)15-7-5-8-15/h4,6,9-12,15H,5,7-8,13H2,1-3H3,(H,23,25)(H,21,22,24). The monoisotopic (exact) mass is 338 g/mol. The Kier molecular flexibility index (Phi) is 5.02. The van der Waals surface area contributed by atoms with Gasteiger partial charge in [-0.15, -0.1) is 0 Å². The Hall–Kier alpha value is -2.43. The van der Waals surface area contributed by atoms with Gasteiger partial charge in [0, 0.05) is 29.8 Å². The van der Waals surface area contributed by atoms with Crippen molar-refractivity contribution in [3.63, 3.8) is 0 Å². The van der Waals surface area contributed by atoms with Gasteiger partial charge in [-0.25, -0.2) is 9.97 Å². The first-order valence-electron chi connectivity index (χ1n) is 8.89. The average Bonchev–Trinajstić information content (AvgIpc) is 2.51. The van der Waals surface area contributed by atoms with Gasteiger partial charge in [0.2, 0.25) is 5.91 Å². The van der Waals surface area contributed by atoms with E-state index in [0.29, 0.717) is 6.54 Å². The highest BCUT2D eigenvalue weighted by Crippen LogP contribution is 2.27. The van der Waals surface area contributed by atoms with Gasteiger partial charge in [0.1, 0.15) is 11.6 Å². The number of hydrogen-bond acceptors (Lipinski definition) is 4. The molecule has 0 saturated heterocycles. The second-order valence-electron chi connectivity index (χ2n) is 7.69. The third kappa shape index (κ3) is 4.56. The van der Waals surface area contributed by atoms with Gasteiger partial charge in [-0.05, 0) is 36.6 Å². The number of nitrogens with zero attached hydrogens (tertiary/aromatic N) is 2. The summed E-state index contributed by atoms with van der Waals surface area (Å²) in [6.07, 6.45) is 4.97. The van der Waals surface area contributed by atoms with Crippen molar-refractivity contribution in [2.75, 3.05) is 10.6 Å². The number of carbonyl (C=O) groups excluding carboxylic acids is 1. The number of hydrogen-bond donors (Lipinski definition) is 2. The quantitative estimate of drug-likeness (QED) is 0.860. The second kappa shape index (κ2) is 7.21. The summed E-state index contributed by atoms with van der Waals surface area (Å²) in [7, 11) is 0. The fourth-order valence-electron chi connectivity index (χ4n) is 2.68. The van der Waals surface area contributed by atoms with Crippen LogP contribution >= 0.6 is 0 Å². The molecule has 25 heavy (non-hydrogen) atoms. The highest BCUT2D eigenvalue weighted by atomic mass is 16.1. The molecule has 1 amide bonds. The lowest BCUT2D eigenvalue weighted by molar-refractivity contribution is -0.122. The largest absolute Gasteiger partial charge is 0.366 e. The molecule has 1 aromatic heterocycles. The number of nitrogens with one attached hydrogen (secondary N) is 2. The molecule has 132 valence electrons. The van der Waals surface area contributed by atoms with Gasteiger partial charge in [-0.2, -0.15) is 0 Å². The minimum absolute atomic E-state index is 0.0799. The van der Waals surface area contributed by atoms with Crippen LogP contribution < -0.4 is 10.6 Å². The third-order valence-electron chi connectivity index (χ3n) is 4.47. The molecule has 0 unspecified atom stereocenters. The van der Waals surface area contributed by atoms with E-state index in [-0.39, 0.29) is 17.2 Å². The Morgan fingerprint density at radius 3 is 2.72 bits per heavy atom. The van der Waals surface area contributed by atoms with Crippen molar-refractivity contribution in [3.05, 3.63) is 47.9 Å². The van der Waals surface area contributed by atoms with Crippen molar-refractivity contribution in [3.8, 4) is 0 Å². The van der Waals surface area contributed by atoms with Crippen LogP contribution in [0.5, 0.6) is 0 Å². The van der Waals surface area contributed by atoms with Crippen LogP contribution in [0.3, 0.4) is 0 Å². The lowest BCUT2D eigenvalue weighted by Gasteiger charge is -2.24. The predicted molar refractivity (Wildman–Crippen MR) is 100 cm³/mol. The van der Waals surface area contributed by atoms with Crippen LogP contribution in [0.1, 0.15) is 51.4 Å². The maximum atomic E-state index is 12.1. The molecule has 1 saturated carbocycles. The van der Waals surface area contributed by atoms with Gasteiger partial charge in [0.25, 0.3) is 0 Å². The summed E-state index contributed by atoms with van der Waals surface area (Å²) >= 11 is 0. The van der Waals surface area contributed by atoms with Crippen LogP contribution in [-0.2, 0) is 16.8 Å². The molecule has 0 radical (unpaired) electrons. The zero-order chi connectivity index (χ0) is 17.9. The molecule has 1 aromatic carbocycles. The topological polar surface area (TPSA) is 66.9 Å². The molecule has 2 N–H and O–H groups in total. The van der Waals surface area contributed by atoms with E-state index in [9.17, 15) is 4.79 Å². The Bertz CT molecular complexity index is 747. The fraction of sp³-hybridized carbons (Fsp3) is 0.450. The normalized spacial score (nSPS) is 14.7. The van der Waals surface area contributed by atoms with E-state index in [1.165, 1.54) is 0 Å². The molecular weight excluding hydrogens is 312 g/mol. The van der Waals surface area contributed by atoms with Gasteiger partial charge in [-0.1, -0.05) is 39.3 Å². The summed E-state index contributed by atoms with van der Waals surface area (Å²) < 4.78 is 0. The minimum Gasteiger partial charge on any atom is -0.366 e. The Morgan fingerprint density at radius 2 is 2.04 bits per heavy atom. The van der Waals surface area contributed by atoms with E-state index >= 15 is 0 Å². The highest BCUT2D eigenvalue weighted by molar-refractivity contribution is 5.93. The van der Waals surface area contributed by atoms with Crippen molar-refractivity contribution in [2.45, 2.75) is 52.0 Å². The fourth-order valence-corrected chi connectivity index (χ4v) is 2.68. The Balaban J connectivity index is 1.61. The number of amides is 1. The third-order valence-corrected chi connectivity index (χ3v) is 4.47. The first kappa shape index (κ1) is 17.4. The van der Waals surface area contributed by atoms with E-state index in [2.05, 4.69) is 41.4 Å². The molecule has 5 nitrogen and oxygen atoms in total. The summed E-state index contributed by atoms with van der Waals surface area (Å²) in [5.41, 5.74) is 1.88. The van der Waals surface area contributed by atoms with Gasteiger partial charge < -0.3 is 10.6 Å². The van der Waals surface area contributed by atoms with Crippen molar-refractivity contribution in [1.29, 1.82) is 0 Å². The van der Waals surface area contributed by atoms with Crippen LogP contribution in [0.2, 0.25) is 0 Å². The van der Waals surface area contributed by atoms with Crippen molar-refractivity contribution < 1.29 is 4.79 Å². The van der Waals surface area contributed by atoms with Crippen LogP contribution in [0.4, 0.5) is 11.5 Å². The zero-order valence-electron chi connectivity index (χ0n) is 15.2. The van der Waals surface area contributed by atoms with Gasteiger partial charge >= 0.3 is 0 Å². The maximum Gasteiger partial charge on any atom is 0.227 e. The van der Waals surface area contributed by atoms with Gasteiger partial charge in [-0.3, -0.25) is 4.79 Å². The smallest absolute Gasteiger partial charge is 0.227 e. The van der Waals surface area contributed by atoms with Crippen molar-refractivity contribution >= 4 is 17.4 Å². The molecule has 5 heteroatoms. The molecule has 1 heterocycles. The van der Waals surface area contributed by atoms with Crippen molar-refractivity contribution in [2.24, 2.45) is 5.92 Å². The lowest BCUT2D eigenvalue weighted by atomic mass is 9.85. The summed E-state index contributed by atoms with van der Waals surface area (Å²) in [4.78, 5) is 21.0. The molecule has 1 aliphatic rings. The molecule has 3 rings (SSSR count). The Labute approximate surface area is 149 Å². The molecule has 1 fully saturated rings. The molecular formula is C20H26N4O. The highest BCUT2D eigenvalue weighted by Gasteiger charge is 2.25.